The van der Waals surface area contributed by atoms with E-state index >= 15 is 0 Å². The van der Waals surface area contributed by atoms with Gasteiger partial charge in [-0.15, -0.1) is 0 Å². The zero-order valence-corrected chi connectivity index (χ0v) is 20.1. The fourth-order valence-corrected chi connectivity index (χ4v) is 4.75. The van der Waals surface area contributed by atoms with Gasteiger partial charge in [-0.05, 0) is 76.7 Å². The van der Waals surface area contributed by atoms with Gasteiger partial charge in [-0.3, -0.25) is 14.7 Å². The lowest BCUT2D eigenvalue weighted by atomic mass is 10.0. The Balaban J connectivity index is 1.61. The molecule has 2 heterocycles. The molecule has 0 saturated carbocycles. The highest BCUT2D eigenvalue weighted by Gasteiger charge is 2.24. The van der Waals surface area contributed by atoms with Crippen molar-refractivity contribution in [1.29, 1.82) is 0 Å². The Hall–Kier alpha value is -2.28. The zero-order chi connectivity index (χ0) is 22.8. The van der Waals surface area contributed by atoms with Crippen LogP contribution < -0.4 is 15.4 Å². The van der Waals surface area contributed by atoms with E-state index in [9.17, 15) is 4.79 Å². The second-order valence-electron chi connectivity index (χ2n) is 8.86. The number of carbonyl (C=O) groups is 1. The molecule has 1 aromatic carbocycles. The standard InChI is InChI=1S/C25H41N5O2/c1-4-26-25(27-14-13-24(31)30-17-6-5-10-20(30)2)28-19-23(29-15-7-8-16-29)21-11-9-12-22(18-21)32-3/h9,11-12,18,20,23H,4-8,10,13-17,19H2,1-3H3,(H2,26,27,28). The molecule has 2 saturated heterocycles. The van der Waals surface area contributed by atoms with E-state index < -0.39 is 0 Å². The number of likely N-dealkylation sites (tertiary alicyclic amines) is 2. The molecule has 0 aromatic heterocycles. The molecule has 32 heavy (non-hydrogen) atoms. The maximum Gasteiger partial charge on any atom is 0.224 e. The third kappa shape index (κ3) is 6.86. The fourth-order valence-electron chi connectivity index (χ4n) is 4.75. The molecule has 0 spiro atoms. The first-order valence-corrected chi connectivity index (χ1v) is 12.3. The molecule has 2 unspecified atom stereocenters. The van der Waals surface area contributed by atoms with Gasteiger partial charge in [-0.2, -0.15) is 0 Å². The highest BCUT2D eigenvalue weighted by molar-refractivity contribution is 5.81. The monoisotopic (exact) mass is 443 g/mol. The van der Waals surface area contributed by atoms with Gasteiger partial charge in [0.25, 0.3) is 0 Å². The van der Waals surface area contributed by atoms with Crippen molar-refractivity contribution in [2.45, 2.75) is 64.5 Å². The summed E-state index contributed by atoms with van der Waals surface area (Å²) < 4.78 is 5.45. The largest absolute Gasteiger partial charge is 0.497 e. The summed E-state index contributed by atoms with van der Waals surface area (Å²) in [5.41, 5.74) is 1.24. The third-order valence-electron chi connectivity index (χ3n) is 6.58. The van der Waals surface area contributed by atoms with Crippen LogP contribution in [0.2, 0.25) is 0 Å². The van der Waals surface area contributed by atoms with Gasteiger partial charge in [0.2, 0.25) is 5.91 Å². The van der Waals surface area contributed by atoms with Gasteiger partial charge >= 0.3 is 0 Å². The number of hydrogen-bond donors (Lipinski definition) is 2. The summed E-state index contributed by atoms with van der Waals surface area (Å²) in [6.45, 7) is 9.38. The minimum Gasteiger partial charge on any atom is -0.497 e. The van der Waals surface area contributed by atoms with Crippen LogP contribution in [0.5, 0.6) is 5.75 Å². The Morgan fingerprint density at radius 3 is 2.69 bits per heavy atom. The summed E-state index contributed by atoms with van der Waals surface area (Å²) >= 11 is 0. The summed E-state index contributed by atoms with van der Waals surface area (Å²) in [5.74, 6) is 1.90. The molecule has 1 aromatic rings. The lowest BCUT2D eigenvalue weighted by molar-refractivity contribution is -0.134. The smallest absolute Gasteiger partial charge is 0.224 e. The maximum absolute atomic E-state index is 12.6. The third-order valence-corrected chi connectivity index (χ3v) is 6.58. The van der Waals surface area contributed by atoms with Crippen LogP contribution in [0, 0.1) is 0 Å². The lowest BCUT2D eigenvalue weighted by Gasteiger charge is -2.33. The molecule has 2 aliphatic rings. The second-order valence-corrected chi connectivity index (χ2v) is 8.86. The zero-order valence-electron chi connectivity index (χ0n) is 20.1. The van der Waals surface area contributed by atoms with Crippen molar-refractivity contribution in [2.24, 2.45) is 4.99 Å². The molecule has 2 fully saturated rings. The minimum absolute atomic E-state index is 0.221. The Bertz CT molecular complexity index is 748. The van der Waals surface area contributed by atoms with Crippen molar-refractivity contribution in [1.82, 2.24) is 20.4 Å². The van der Waals surface area contributed by atoms with E-state index in [4.69, 9.17) is 9.73 Å². The number of hydrogen-bond acceptors (Lipinski definition) is 4. The van der Waals surface area contributed by atoms with E-state index in [1.807, 2.05) is 11.0 Å². The number of amides is 1. The maximum atomic E-state index is 12.6. The highest BCUT2D eigenvalue weighted by atomic mass is 16.5. The number of methoxy groups -OCH3 is 1. The number of aliphatic imine (C=N–C) groups is 1. The molecule has 3 rings (SSSR count). The van der Waals surface area contributed by atoms with Crippen LogP contribution >= 0.6 is 0 Å². The second kappa shape index (κ2) is 12.7. The number of nitrogens with zero attached hydrogens (tertiary/aromatic N) is 3. The van der Waals surface area contributed by atoms with E-state index in [1.54, 1.807) is 7.11 Å². The Labute approximate surface area is 193 Å². The number of carbonyl (C=O) groups excluding carboxylic acids is 1. The average molecular weight is 444 g/mol. The van der Waals surface area contributed by atoms with E-state index in [-0.39, 0.29) is 11.9 Å². The molecule has 178 valence electrons. The van der Waals surface area contributed by atoms with Gasteiger partial charge < -0.3 is 20.3 Å². The van der Waals surface area contributed by atoms with Crippen molar-refractivity contribution in [3.05, 3.63) is 29.8 Å². The van der Waals surface area contributed by atoms with Crippen molar-refractivity contribution < 1.29 is 9.53 Å². The van der Waals surface area contributed by atoms with Gasteiger partial charge in [-0.1, -0.05) is 12.1 Å². The van der Waals surface area contributed by atoms with Gasteiger partial charge in [0.1, 0.15) is 5.75 Å². The molecule has 0 aliphatic carbocycles. The average Bonchev–Trinajstić information content (AvgIpc) is 3.34. The van der Waals surface area contributed by atoms with E-state index in [2.05, 4.69) is 47.6 Å². The molecule has 0 radical (unpaired) electrons. The van der Waals surface area contributed by atoms with Gasteiger partial charge in [0, 0.05) is 32.1 Å². The summed E-state index contributed by atoms with van der Waals surface area (Å²) in [7, 11) is 1.71. The van der Waals surface area contributed by atoms with Crippen molar-refractivity contribution >= 4 is 11.9 Å². The van der Waals surface area contributed by atoms with Crippen LogP contribution in [0.15, 0.2) is 29.3 Å². The summed E-state index contributed by atoms with van der Waals surface area (Å²) in [4.78, 5) is 22.1. The molecule has 0 bridgehead atoms. The number of guanidine groups is 1. The number of nitrogens with one attached hydrogen (secondary N) is 2. The lowest BCUT2D eigenvalue weighted by Crippen LogP contribution is -2.44. The van der Waals surface area contributed by atoms with E-state index in [0.29, 0.717) is 25.6 Å². The predicted octanol–water partition coefficient (Wildman–Crippen LogP) is 3.18. The normalized spacial score (nSPS) is 20.8. The van der Waals surface area contributed by atoms with Gasteiger partial charge in [0.15, 0.2) is 5.96 Å². The quantitative estimate of drug-likeness (QED) is 0.453. The highest BCUT2D eigenvalue weighted by Crippen LogP contribution is 2.28. The Kier molecular flexibility index (Phi) is 9.65. The summed E-state index contributed by atoms with van der Waals surface area (Å²) in [6.07, 6.45) is 6.44. The van der Waals surface area contributed by atoms with Crippen molar-refractivity contribution in [3.8, 4) is 5.75 Å². The van der Waals surface area contributed by atoms with Crippen molar-refractivity contribution in [2.75, 3.05) is 46.4 Å². The number of ether oxygens (including phenoxy) is 1. The number of benzene rings is 1. The topological polar surface area (TPSA) is 69.2 Å². The number of rotatable bonds is 9. The fraction of sp³-hybridized carbons (Fsp3) is 0.680. The van der Waals surface area contributed by atoms with E-state index in [0.717, 1.165) is 50.7 Å². The molecule has 7 heteroatoms. The molecule has 7 nitrogen and oxygen atoms in total. The first-order chi connectivity index (χ1) is 15.6. The van der Waals surface area contributed by atoms with Crippen LogP contribution in [0.25, 0.3) is 0 Å². The van der Waals surface area contributed by atoms with Gasteiger partial charge in [-0.25, -0.2) is 0 Å². The molecule has 2 N–H and O–H groups in total. The van der Waals surface area contributed by atoms with Crippen LogP contribution in [0.1, 0.15) is 64.0 Å². The predicted molar refractivity (Wildman–Crippen MR) is 130 cm³/mol. The minimum atomic E-state index is 0.221. The molecular weight excluding hydrogens is 402 g/mol. The number of piperidine rings is 1. The summed E-state index contributed by atoms with van der Waals surface area (Å²) in [6, 6.07) is 8.91. The van der Waals surface area contributed by atoms with Gasteiger partial charge in [0.05, 0.1) is 19.7 Å². The first-order valence-electron chi connectivity index (χ1n) is 12.3. The van der Waals surface area contributed by atoms with Crippen LogP contribution in [0.3, 0.4) is 0 Å². The van der Waals surface area contributed by atoms with Crippen molar-refractivity contribution in [3.63, 3.8) is 0 Å². The molecule has 2 atom stereocenters. The molecule has 2 aliphatic heterocycles. The first kappa shape index (κ1) is 24.4. The Morgan fingerprint density at radius 2 is 1.97 bits per heavy atom. The molecular formula is C25H41N5O2. The van der Waals surface area contributed by atoms with Crippen LogP contribution in [-0.4, -0.2) is 74.1 Å². The Morgan fingerprint density at radius 1 is 1.19 bits per heavy atom. The van der Waals surface area contributed by atoms with Crippen LogP contribution in [-0.2, 0) is 4.79 Å². The molecule has 1 amide bonds. The summed E-state index contributed by atoms with van der Waals surface area (Å²) in [5, 5.41) is 6.71. The van der Waals surface area contributed by atoms with E-state index in [1.165, 1.54) is 24.8 Å². The SMILES string of the molecule is CCNC(=NCC(c1cccc(OC)c1)N1CCCC1)NCCC(=O)N1CCCCC1C. The van der Waals surface area contributed by atoms with Crippen LogP contribution in [0.4, 0.5) is 0 Å².